The average Bonchev–Trinajstić information content (AvgIpc) is 2.71. The standard InChI is InChI=1S/C22H26ClN3O6S/c1-14(19(27)24-21(29)25-22(2,3)4)32-20(28)15-8-6-11-18(12-15)33(30,31)26(5)17-10-7-9-16(23)13-17/h6-14H,1-5H3,(H2,24,25,27,29). The highest BCUT2D eigenvalue weighted by Gasteiger charge is 2.25. The zero-order valence-electron chi connectivity index (χ0n) is 18.9. The zero-order valence-corrected chi connectivity index (χ0v) is 20.5. The Bertz CT molecular complexity index is 1160. The number of nitrogens with zero attached hydrogens (tertiary/aromatic N) is 1. The third-order valence-corrected chi connectivity index (χ3v) is 6.29. The summed E-state index contributed by atoms with van der Waals surface area (Å²) in [6.45, 7) is 6.52. The van der Waals surface area contributed by atoms with Gasteiger partial charge in [0.15, 0.2) is 6.10 Å². The Hall–Kier alpha value is -3.11. The maximum Gasteiger partial charge on any atom is 0.338 e. The minimum atomic E-state index is -4.01. The van der Waals surface area contributed by atoms with E-state index in [9.17, 15) is 22.8 Å². The number of nitrogens with one attached hydrogen (secondary N) is 2. The molecule has 1 unspecified atom stereocenters. The van der Waals surface area contributed by atoms with E-state index >= 15 is 0 Å². The largest absolute Gasteiger partial charge is 0.449 e. The lowest BCUT2D eigenvalue weighted by Gasteiger charge is -2.21. The van der Waals surface area contributed by atoms with Gasteiger partial charge in [0.1, 0.15) is 0 Å². The molecule has 178 valence electrons. The summed E-state index contributed by atoms with van der Waals surface area (Å²) in [6.07, 6.45) is -1.29. The van der Waals surface area contributed by atoms with Gasteiger partial charge in [-0.2, -0.15) is 0 Å². The lowest BCUT2D eigenvalue weighted by atomic mass is 10.1. The molecular weight excluding hydrogens is 470 g/mol. The van der Waals surface area contributed by atoms with Crippen molar-refractivity contribution in [1.29, 1.82) is 0 Å². The number of ether oxygens (including phenoxy) is 1. The van der Waals surface area contributed by atoms with Crippen molar-refractivity contribution in [3.63, 3.8) is 0 Å². The van der Waals surface area contributed by atoms with Gasteiger partial charge in [-0.25, -0.2) is 18.0 Å². The smallest absolute Gasteiger partial charge is 0.338 e. The van der Waals surface area contributed by atoms with Crippen LogP contribution >= 0.6 is 11.6 Å². The highest BCUT2D eigenvalue weighted by Crippen LogP contribution is 2.25. The summed E-state index contributed by atoms with van der Waals surface area (Å²) in [6, 6.07) is 10.8. The number of rotatable bonds is 6. The lowest BCUT2D eigenvalue weighted by molar-refractivity contribution is -0.127. The fraction of sp³-hybridized carbons (Fsp3) is 0.318. The molecule has 11 heteroatoms. The fourth-order valence-corrected chi connectivity index (χ4v) is 4.04. The van der Waals surface area contributed by atoms with Gasteiger partial charge in [0.05, 0.1) is 16.1 Å². The van der Waals surface area contributed by atoms with Gasteiger partial charge < -0.3 is 10.1 Å². The first-order valence-electron chi connectivity index (χ1n) is 9.89. The minimum Gasteiger partial charge on any atom is -0.449 e. The summed E-state index contributed by atoms with van der Waals surface area (Å²) < 4.78 is 32.1. The molecule has 2 aromatic rings. The first kappa shape index (κ1) is 26.1. The molecule has 0 saturated heterocycles. The highest BCUT2D eigenvalue weighted by molar-refractivity contribution is 7.92. The molecule has 0 aliphatic heterocycles. The molecule has 0 aliphatic carbocycles. The normalized spacial score (nSPS) is 12.4. The number of amides is 3. The second-order valence-electron chi connectivity index (χ2n) is 8.22. The van der Waals surface area contributed by atoms with Crippen molar-refractivity contribution >= 4 is 45.2 Å². The van der Waals surface area contributed by atoms with Crippen molar-refractivity contribution in [2.45, 2.75) is 44.2 Å². The van der Waals surface area contributed by atoms with Crippen LogP contribution in [0.2, 0.25) is 5.02 Å². The predicted molar refractivity (Wildman–Crippen MR) is 125 cm³/mol. The Kier molecular flexibility index (Phi) is 8.10. The number of anilines is 1. The van der Waals surface area contributed by atoms with Crippen molar-refractivity contribution in [1.82, 2.24) is 10.6 Å². The topological polar surface area (TPSA) is 122 Å². The molecule has 2 aromatic carbocycles. The lowest BCUT2D eigenvalue weighted by Crippen LogP contribution is -2.50. The van der Waals surface area contributed by atoms with Crippen molar-refractivity contribution < 1.29 is 27.5 Å². The molecular formula is C22H26ClN3O6S. The third-order valence-electron chi connectivity index (χ3n) is 4.28. The number of urea groups is 1. The molecule has 0 spiro atoms. The van der Waals surface area contributed by atoms with E-state index in [0.717, 1.165) is 10.4 Å². The summed E-state index contributed by atoms with van der Waals surface area (Å²) in [5.41, 5.74) is -0.294. The summed E-state index contributed by atoms with van der Waals surface area (Å²) in [4.78, 5) is 36.3. The van der Waals surface area contributed by atoms with Crippen LogP contribution in [0, 0.1) is 0 Å². The van der Waals surface area contributed by atoms with Crippen molar-refractivity contribution in [3.8, 4) is 0 Å². The number of halogens is 1. The maximum absolute atomic E-state index is 13.0. The van der Waals surface area contributed by atoms with Gasteiger partial charge in [0, 0.05) is 17.6 Å². The third kappa shape index (κ3) is 7.19. The van der Waals surface area contributed by atoms with Gasteiger partial charge in [-0.3, -0.25) is 14.4 Å². The Morgan fingerprint density at radius 1 is 1.06 bits per heavy atom. The quantitative estimate of drug-likeness (QED) is 0.593. The van der Waals surface area contributed by atoms with Crippen molar-refractivity contribution in [3.05, 3.63) is 59.1 Å². The van der Waals surface area contributed by atoms with Gasteiger partial charge in [0.25, 0.3) is 15.9 Å². The van der Waals surface area contributed by atoms with Gasteiger partial charge >= 0.3 is 12.0 Å². The molecule has 0 aliphatic rings. The van der Waals surface area contributed by atoms with Gasteiger partial charge in [-0.1, -0.05) is 23.7 Å². The van der Waals surface area contributed by atoms with Crippen LogP contribution in [0.5, 0.6) is 0 Å². The van der Waals surface area contributed by atoms with E-state index in [0.29, 0.717) is 10.7 Å². The number of benzene rings is 2. The van der Waals surface area contributed by atoms with Gasteiger partial charge in [0.2, 0.25) is 0 Å². The molecule has 33 heavy (non-hydrogen) atoms. The van der Waals surface area contributed by atoms with E-state index in [1.807, 2.05) is 0 Å². The monoisotopic (exact) mass is 495 g/mol. The van der Waals surface area contributed by atoms with Crippen LogP contribution in [0.4, 0.5) is 10.5 Å². The number of esters is 1. The van der Waals surface area contributed by atoms with Crippen LogP contribution in [0.15, 0.2) is 53.4 Å². The average molecular weight is 496 g/mol. The van der Waals surface area contributed by atoms with Crippen LogP contribution < -0.4 is 14.9 Å². The first-order chi connectivity index (χ1) is 15.2. The van der Waals surface area contributed by atoms with Crippen LogP contribution in [-0.2, 0) is 19.6 Å². The zero-order chi connectivity index (χ0) is 25.0. The van der Waals surface area contributed by atoms with Crippen molar-refractivity contribution in [2.24, 2.45) is 0 Å². The summed E-state index contributed by atoms with van der Waals surface area (Å²) in [5, 5.41) is 5.01. The molecule has 2 N–H and O–H groups in total. The number of imide groups is 1. The number of carbonyl (C=O) groups excluding carboxylic acids is 3. The van der Waals surface area contributed by atoms with E-state index < -0.39 is 39.6 Å². The number of hydrogen-bond donors (Lipinski definition) is 2. The Morgan fingerprint density at radius 3 is 2.30 bits per heavy atom. The summed E-state index contributed by atoms with van der Waals surface area (Å²) in [5.74, 6) is -1.74. The molecule has 0 bridgehead atoms. The molecule has 0 aromatic heterocycles. The van der Waals surface area contributed by atoms with E-state index in [1.54, 1.807) is 39.0 Å². The van der Waals surface area contributed by atoms with E-state index in [1.165, 1.54) is 38.2 Å². The van der Waals surface area contributed by atoms with Crippen LogP contribution in [0.3, 0.4) is 0 Å². The highest BCUT2D eigenvalue weighted by atomic mass is 35.5. The number of hydrogen-bond acceptors (Lipinski definition) is 6. The molecule has 1 atom stereocenters. The Morgan fingerprint density at radius 2 is 1.70 bits per heavy atom. The molecule has 3 amide bonds. The second-order valence-corrected chi connectivity index (χ2v) is 10.6. The molecule has 0 fully saturated rings. The van der Waals surface area contributed by atoms with E-state index in [-0.39, 0.29) is 10.5 Å². The fourth-order valence-electron chi connectivity index (χ4n) is 2.62. The molecule has 0 radical (unpaired) electrons. The number of carbonyl (C=O) groups is 3. The van der Waals surface area contributed by atoms with Gasteiger partial charge in [-0.05, 0) is 64.1 Å². The predicted octanol–water partition coefficient (Wildman–Crippen LogP) is 3.33. The molecule has 0 saturated carbocycles. The van der Waals surface area contributed by atoms with Crippen LogP contribution in [0.25, 0.3) is 0 Å². The van der Waals surface area contributed by atoms with Crippen LogP contribution in [0.1, 0.15) is 38.1 Å². The van der Waals surface area contributed by atoms with Crippen molar-refractivity contribution in [2.75, 3.05) is 11.4 Å². The summed E-state index contributed by atoms with van der Waals surface area (Å²) in [7, 11) is -2.65. The van der Waals surface area contributed by atoms with Crippen LogP contribution in [-0.4, -0.2) is 45.0 Å². The summed E-state index contributed by atoms with van der Waals surface area (Å²) >= 11 is 5.95. The first-order valence-corrected chi connectivity index (χ1v) is 11.7. The van der Waals surface area contributed by atoms with E-state index in [2.05, 4.69) is 10.6 Å². The molecule has 9 nitrogen and oxygen atoms in total. The molecule has 2 rings (SSSR count). The maximum atomic E-state index is 13.0. The SMILES string of the molecule is CC(OC(=O)c1cccc(S(=O)(=O)N(C)c2cccc(Cl)c2)c1)C(=O)NC(=O)NC(C)(C)C. The van der Waals surface area contributed by atoms with E-state index in [4.69, 9.17) is 16.3 Å². The number of sulfonamides is 1. The Labute approximate surface area is 198 Å². The Balaban J connectivity index is 2.14. The second kappa shape index (κ2) is 10.2. The minimum absolute atomic E-state index is 0.0747. The molecule has 0 heterocycles. The van der Waals surface area contributed by atoms with Gasteiger partial charge in [-0.15, -0.1) is 0 Å².